The van der Waals surface area contributed by atoms with E-state index >= 15 is 0 Å². The number of ether oxygens (including phenoxy) is 2. The largest absolute Gasteiger partial charge is 0.497 e. The summed E-state index contributed by atoms with van der Waals surface area (Å²) in [6.45, 7) is 2.91. The molecule has 0 spiro atoms. The van der Waals surface area contributed by atoms with Crippen molar-refractivity contribution in [3.8, 4) is 5.75 Å². The summed E-state index contributed by atoms with van der Waals surface area (Å²) in [5.41, 5.74) is 2.30. The summed E-state index contributed by atoms with van der Waals surface area (Å²) in [6, 6.07) is 8.26. The molecule has 0 radical (unpaired) electrons. The Balaban J connectivity index is 1.57. The van der Waals surface area contributed by atoms with Crippen LogP contribution in [0.4, 0.5) is 0 Å². The van der Waals surface area contributed by atoms with Crippen LogP contribution in [-0.4, -0.2) is 60.3 Å². The molecule has 1 saturated heterocycles. The second-order valence-corrected chi connectivity index (χ2v) is 5.63. The Morgan fingerprint density at radius 3 is 2.68 bits per heavy atom. The van der Waals surface area contributed by atoms with Gasteiger partial charge in [0.1, 0.15) is 5.75 Å². The van der Waals surface area contributed by atoms with Crippen LogP contribution in [0.15, 0.2) is 30.5 Å². The van der Waals surface area contributed by atoms with Crippen LogP contribution in [0.5, 0.6) is 5.75 Å². The van der Waals surface area contributed by atoms with Crippen molar-refractivity contribution in [1.29, 1.82) is 0 Å². The fourth-order valence-electron chi connectivity index (χ4n) is 3.03. The van der Waals surface area contributed by atoms with Crippen molar-refractivity contribution in [2.24, 2.45) is 0 Å². The standard InChI is InChI=1S/C16H22N4O2/c1-21-13-5-3-12(4-6-13)7-8-20-10-14(16(11-20)22-2)15-9-17-19-18-15/h3-6,9,14,16H,7-8,10-11H2,1-2H3,(H,17,18,19)/t14-,16+/m0/s1. The van der Waals surface area contributed by atoms with Gasteiger partial charge in [-0.1, -0.05) is 12.1 Å². The molecule has 1 aromatic heterocycles. The van der Waals surface area contributed by atoms with E-state index < -0.39 is 0 Å². The number of likely N-dealkylation sites (tertiary alicyclic amines) is 1. The molecule has 22 heavy (non-hydrogen) atoms. The molecule has 118 valence electrons. The highest BCUT2D eigenvalue weighted by molar-refractivity contribution is 5.27. The van der Waals surface area contributed by atoms with Crippen molar-refractivity contribution in [1.82, 2.24) is 20.3 Å². The molecule has 3 rings (SSSR count). The number of nitrogens with one attached hydrogen (secondary N) is 1. The van der Waals surface area contributed by atoms with E-state index in [1.165, 1.54) is 5.56 Å². The van der Waals surface area contributed by atoms with Gasteiger partial charge in [0.2, 0.25) is 0 Å². The van der Waals surface area contributed by atoms with Gasteiger partial charge in [-0.05, 0) is 24.1 Å². The molecule has 1 aliphatic heterocycles. The fraction of sp³-hybridized carbons (Fsp3) is 0.500. The molecular weight excluding hydrogens is 280 g/mol. The zero-order valence-corrected chi connectivity index (χ0v) is 13.0. The lowest BCUT2D eigenvalue weighted by Crippen LogP contribution is -2.25. The molecule has 2 aromatic rings. The third-order valence-electron chi connectivity index (χ3n) is 4.33. The third-order valence-corrected chi connectivity index (χ3v) is 4.33. The maximum Gasteiger partial charge on any atom is 0.118 e. The minimum Gasteiger partial charge on any atom is -0.497 e. The molecule has 2 heterocycles. The van der Waals surface area contributed by atoms with Crippen molar-refractivity contribution >= 4 is 0 Å². The van der Waals surface area contributed by atoms with Gasteiger partial charge in [0, 0.05) is 32.7 Å². The Bertz CT molecular complexity index is 570. The molecule has 1 N–H and O–H groups in total. The van der Waals surface area contributed by atoms with Crippen LogP contribution in [0, 0.1) is 0 Å². The van der Waals surface area contributed by atoms with Gasteiger partial charge in [-0.15, -0.1) is 0 Å². The Labute approximate surface area is 130 Å². The van der Waals surface area contributed by atoms with Crippen molar-refractivity contribution in [3.63, 3.8) is 0 Å². The summed E-state index contributed by atoms with van der Waals surface area (Å²) < 4.78 is 10.8. The molecule has 0 bridgehead atoms. The molecule has 0 amide bonds. The van der Waals surface area contributed by atoms with Gasteiger partial charge in [0.15, 0.2) is 0 Å². The van der Waals surface area contributed by atoms with E-state index in [0.717, 1.165) is 37.5 Å². The van der Waals surface area contributed by atoms with Crippen LogP contribution in [-0.2, 0) is 11.2 Å². The smallest absolute Gasteiger partial charge is 0.118 e. The first-order valence-corrected chi connectivity index (χ1v) is 7.54. The summed E-state index contributed by atoms with van der Waals surface area (Å²) in [4.78, 5) is 2.43. The van der Waals surface area contributed by atoms with Crippen LogP contribution in [0.3, 0.4) is 0 Å². The van der Waals surface area contributed by atoms with Gasteiger partial charge >= 0.3 is 0 Å². The first-order valence-electron chi connectivity index (χ1n) is 7.54. The highest BCUT2D eigenvalue weighted by atomic mass is 16.5. The predicted octanol–water partition coefficient (Wildman–Crippen LogP) is 1.47. The van der Waals surface area contributed by atoms with Crippen LogP contribution in [0.2, 0.25) is 0 Å². The molecule has 1 aromatic carbocycles. The summed E-state index contributed by atoms with van der Waals surface area (Å²) in [5, 5.41) is 10.8. The summed E-state index contributed by atoms with van der Waals surface area (Å²) in [5.74, 6) is 1.19. The number of rotatable bonds is 6. The first-order chi connectivity index (χ1) is 10.8. The van der Waals surface area contributed by atoms with Gasteiger partial charge in [0.05, 0.1) is 25.1 Å². The number of hydrogen-bond acceptors (Lipinski definition) is 5. The zero-order valence-electron chi connectivity index (χ0n) is 13.0. The lowest BCUT2D eigenvalue weighted by molar-refractivity contribution is 0.0965. The van der Waals surface area contributed by atoms with Crippen molar-refractivity contribution in [2.75, 3.05) is 33.9 Å². The lowest BCUT2D eigenvalue weighted by atomic mass is 10.0. The number of aromatic amines is 1. The Hall–Kier alpha value is -1.92. The van der Waals surface area contributed by atoms with Gasteiger partial charge < -0.3 is 9.47 Å². The zero-order chi connectivity index (χ0) is 15.4. The Kier molecular flexibility index (Phi) is 4.70. The highest BCUT2D eigenvalue weighted by Crippen LogP contribution is 2.27. The number of benzene rings is 1. The Morgan fingerprint density at radius 2 is 2.05 bits per heavy atom. The lowest BCUT2D eigenvalue weighted by Gasteiger charge is -2.15. The number of hydrogen-bond donors (Lipinski definition) is 1. The normalized spacial score (nSPS) is 22.1. The minimum atomic E-state index is 0.181. The maximum atomic E-state index is 5.62. The van der Waals surface area contributed by atoms with E-state index in [-0.39, 0.29) is 6.10 Å². The second kappa shape index (κ2) is 6.89. The SMILES string of the molecule is COc1ccc(CCN2C[C@@H](OC)[C@H](c3cn[nH]n3)C2)cc1. The number of nitrogens with zero attached hydrogens (tertiary/aromatic N) is 3. The predicted molar refractivity (Wildman–Crippen MR) is 83.1 cm³/mol. The number of H-pyrrole nitrogens is 1. The molecule has 0 saturated carbocycles. The second-order valence-electron chi connectivity index (χ2n) is 5.63. The van der Waals surface area contributed by atoms with Crippen molar-refractivity contribution in [2.45, 2.75) is 18.4 Å². The summed E-state index contributed by atoms with van der Waals surface area (Å²) >= 11 is 0. The van der Waals surface area contributed by atoms with Crippen molar-refractivity contribution < 1.29 is 9.47 Å². The molecule has 1 aliphatic rings. The van der Waals surface area contributed by atoms with E-state index in [9.17, 15) is 0 Å². The molecule has 1 fully saturated rings. The van der Waals surface area contributed by atoms with Gasteiger partial charge in [-0.3, -0.25) is 4.90 Å². The van der Waals surface area contributed by atoms with Crippen LogP contribution in [0.1, 0.15) is 17.2 Å². The van der Waals surface area contributed by atoms with Gasteiger partial charge in [-0.2, -0.15) is 15.4 Å². The molecule has 2 atom stereocenters. The van der Waals surface area contributed by atoms with Gasteiger partial charge in [0.25, 0.3) is 0 Å². The maximum absolute atomic E-state index is 5.62. The average Bonchev–Trinajstić information content (AvgIpc) is 3.22. The van der Waals surface area contributed by atoms with E-state index in [2.05, 4.69) is 32.4 Å². The van der Waals surface area contributed by atoms with Crippen LogP contribution >= 0.6 is 0 Å². The van der Waals surface area contributed by atoms with E-state index in [1.807, 2.05) is 12.1 Å². The number of methoxy groups -OCH3 is 2. The highest BCUT2D eigenvalue weighted by Gasteiger charge is 2.35. The van der Waals surface area contributed by atoms with Crippen LogP contribution < -0.4 is 4.74 Å². The van der Waals surface area contributed by atoms with Crippen molar-refractivity contribution in [3.05, 3.63) is 41.7 Å². The third kappa shape index (κ3) is 3.28. The molecule has 0 unspecified atom stereocenters. The number of aromatic nitrogens is 3. The molecular formula is C16H22N4O2. The van der Waals surface area contributed by atoms with E-state index in [1.54, 1.807) is 20.4 Å². The first kappa shape index (κ1) is 15.0. The average molecular weight is 302 g/mol. The van der Waals surface area contributed by atoms with Gasteiger partial charge in [-0.25, -0.2) is 0 Å². The van der Waals surface area contributed by atoms with E-state index in [0.29, 0.717) is 5.92 Å². The molecule has 6 heteroatoms. The summed E-state index contributed by atoms with van der Waals surface area (Å²) in [6.07, 6.45) is 3.00. The topological polar surface area (TPSA) is 63.3 Å². The summed E-state index contributed by atoms with van der Waals surface area (Å²) in [7, 11) is 3.46. The van der Waals surface area contributed by atoms with Crippen LogP contribution in [0.25, 0.3) is 0 Å². The molecule has 0 aliphatic carbocycles. The quantitative estimate of drug-likeness (QED) is 0.875. The fourth-order valence-corrected chi connectivity index (χ4v) is 3.03. The minimum absolute atomic E-state index is 0.181. The molecule has 6 nitrogen and oxygen atoms in total. The monoisotopic (exact) mass is 302 g/mol. The Morgan fingerprint density at radius 1 is 1.23 bits per heavy atom. The van der Waals surface area contributed by atoms with E-state index in [4.69, 9.17) is 9.47 Å².